The lowest BCUT2D eigenvalue weighted by Gasteiger charge is -2.57. The molecule has 1 aromatic heterocycles. The van der Waals surface area contributed by atoms with Gasteiger partial charge >= 0.3 is 0 Å². The van der Waals surface area contributed by atoms with Gasteiger partial charge in [-0.2, -0.15) is 5.26 Å². The molecule has 58 heavy (non-hydrogen) atoms. The van der Waals surface area contributed by atoms with Crippen LogP contribution in [0.3, 0.4) is 0 Å². The zero-order valence-electron chi connectivity index (χ0n) is 33.3. The van der Waals surface area contributed by atoms with Gasteiger partial charge in [0.05, 0.1) is 11.6 Å². The number of hydrogen-bond donors (Lipinski definition) is 0. The largest absolute Gasteiger partial charge is 0.208 e. The quantitative estimate of drug-likeness (QED) is 0.163. The topological polar surface area (TPSA) is 62.5 Å². The van der Waals surface area contributed by atoms with Crippen molar-refractivity contribution in [3.05, 3.63) is 138 Å². The highest BCUT2D eigenvalue weighted by molar-refractivity contribution is 5.75. The third-order valence-corrected chi connectivity index (χ3v) is 15.9. The minimum Gasteiger partial charge on any atom is -0.208 e. The van der Waals surface area contributed by atoms with Crippen molar-refractivity contribution in [1.29, 1.82) is 5.26 Å². The van der Waals surface area contributed by atoms with Crippen LogP contribution < -0.4 is 0 Å². The van der Waals surface area contributed by atoms with E-state index in [1.165, 1.54) is 88.2 Å². The van der Waals surface area contributed by atoms with Gasteiger partial charge in [-0.3, -0.25) is 0 Å². The Morgan fingerprint density at radius 1 is 0.379 bits per heavy atom. The normalized spacial score (nSPS) is 30.1. The number of nitrogens with zero attached hydrogens (tertiary/aromatic N) is 4. The van der Waals surface area contributed by atoms with Crippen molar-refractivity contribution in [3.8, 4) is 62.5 Å². The number of hydrogen-bond acceptors (Lipinski definition) is 4. The number of nitriles is 1. The molecular weight excluding hydrogens is 705 g/mol. The molecular formula is C54H50N4. The number of benzene rings is 5. The van der Waals surface area contributed by atoms with E-state index >= 15 is 0 Å². The molecule has 4 nitrogen and oxygen atoms in total. The zero-order chi connectivity index (χ0) is 38.4. The maximum Gasteiger partial charge on any atom is 0.164 e. The van der Waals surface area contributed by atoms with Gasteiger partial charge in [-0.1, -0.05) is 84.9 Å². The third kappa shape index (κ3) is 5.95. The molecule has 6 aromatic rings. The molecule has 14 rings (SSSR count). The first-order valence-electron chi connectivity index (χ1n) is 22.1. The monoisotopic (exact) mass is 754 g/mol. The van der Waals surface area contributed by atoms with Crippen LogP contribution in [0, 0.1) is 46.8 Å². The average Bonchev–Trinajstić information content (AvgIpc) is 3.26. The van der Waals surface area contributed by atoms with Gasteiger partial charge in [-0.15, -0.1) is 0 Å². The smallest absolute Gasteiger partial charge is 0.164 e. The van der Waals surface area contributed by atoms with Crippen molar-refractivity contribution in [2.24, 2.45) is 35.5 Å². The van der Waals surface area contributed by atoms with E-state index in [4.69, 9.17) is 15.0 Å². The molecule has 8 saturated carbocycles. The summed E-state index contributed by atoms with van der Waals surface area (Å²) in [6, 6.07) is 46.2. The second-order valence-electron chi connectivity index (χ2n) is 19.7. The van der Waals surface area contributed by atoms with Crippen molar-refractivity contribution >= 4 is 0 Å². The van der Waals surface area contributed by atoms with E-state index < -0.39 is 0 Å². The summed E-state index contributed by atoms with van der Waals surface area (Å²) >= 11 is 0. The van der Waals surface area contributed by atoms with Gasteiger partial charge in [0.15, 0.2) is 17.5 Å². The SMILES string of the molecule is N#Cc1ccc(-c2nc(-c3cccc(-c4ccc(C56CC7CC(CC(C7)C5)C6)cc4)c3)nc(-c3cccc(-c4ccc(C56CC7CC(CC(C7)C5)C6)cc4)c3)n2)cc1. The van der Waals surface area contributed by atoms with Gasteiger partial charge in [-0.25, -0.2) is 15.0 Å². The molecule has 8 aliphatic carbocycles. The van der Waals surface area contributed by atoms with Crippen LogP contribution in [0.4, 0.5) is 0 Å². The summed E-state index contributed by atoms with van der Waals surface area (Å²) in [5, 5.41) is 9.50. The van der Waals surface area contributed by atoms with Gasteiger partial charge in [-0.05, 0) is 193 Å². The maximum absolute atomic E-state index is 9.50. The van der Waals surface area contributed by atoms with Crippen LogP contribution in [0.2, 0.25) is 0 Å². The third-order valence-electron chi connectivity index (χ3n) is 15.9. The predicted molar refractivity (Wildman–Crippen MR) is 231 cm³/mol. The molecule has 8 bridgehead atoms. The van der Waals surface area contributed by atoms with Crippen LogP contribution >= 0.6 is 0 Å². The molecule has 1 heterocycles. The molecule has 8 fully saturated rings. The summed E-state index contributed by atoms with van der Waals surface area (Å²) in [7, 11) is 0. The summed E-state index contributed by atoms with van der Waals surface area (Å²) < 4.78 is 0. The van der Waals surface area contributed by atoms with E-state index in [2.05, 4.69) is 103 Å². The van der Waals surface area contributed by atoms with Crippen LogP contribution in [0.15, 0.2) is 121 Å². The highest BCUT2D eigenvalue weighted by atomic mass is 15.0. The van der Waals surface area contributed by atoms with Crippen LogP contribution in [0.1, 0.15) is 93.7 Å². The maximum atomic E-state index is 9.50. The fourth-order valence-electron chi connectivity index (χ4n) is 14.1. The molecule has 4 heteroatoms. The Bertz CT molecular complexity index is 2360. The molecule has 0 aliphatic heterocycles. The Hall–Kier alpha value is -5.40. The minimum atomic E-state index is 0.396. The Morgan fingerprint density at radius 2 is 0.707 bits per heavy atom. The molecule has 0 unspecified atom stereocenters. The van der Waals surface area contributed by atoms with Gasteiger partial charge < -0.3 is 0 Å². The van der Waals surface area contributed by atoms with Crippen LogP contribution in [-0.4, -0.2) is 15.0 Å². The highest BCUT2D eigenvalue weighted by Crippen LogP contribution is 2.62. The highest BCUT2D eigenvalue weighted by Gasteiger charge is 2.52. The van der Waals surface area contributed by atoms with Crippen LogP contribution in [0.25, 0.3) is 56.4 Å². The Morgan fingerprint density at radius 3 is 1.07 bits per heavy atom. The van der Waals surface area contributed by atoms with Gasteiger partial charge in [0.1, 0.15) is 0 Å². The number of aromatic nitrogens is 3. The second-order valence-corrected chi connectivity index (χ2v) is 19.7. The Balaban J connectivity index is 0.872. The van der Waals surface area contributed by atoms with E-state index in [9.17, 15) is 5.26 Å². The van der Waals surface area contributed by atoms with Crippen molar-refractivity contribution in [1.82, 2.24) is 15.0 Å². The molecule has 0 N–H and O–H groups in total. The predicted octanol–water partition coefficient (Wildman–Crippen LogP) is 13.0. The average molecular weight is 755 g/mol. The molecule has 0 saturated heterocycles. The van der Waals surface area contributed by atoms with E-state index in [-0.39, 0.29) is 0 Å². The lowest BCUT2D eigenvalue weighted by atomic mass is 9.48. The summed E-state index contributed by atoms with van der Waals surface area (Å²) in [5.41, 5.74) is 12.1. The Kier molecular flexibility index (Phi) is 7.95. The van der Waals surface area contributed by atoms with Crippen LogP contribution in [0.5, 0.6) is 0 Å². The zero-order valence-corrected chi connectivity index (χ0v) is 33.3. The molecule has 0 atom stereocenters. The summed E-state index contributed by atoms with van der Waals surface area (Å²) in [4.78, 5) is 15.3. The first kappa shape index (κ1) is 34.6. The lowest BCUT2D eigenvalue weighted by molar-refractivity contribution is -0.00530. The standard InChI is InChI=1S/C54H50N4/c55-33-34-7-9-43(10-8-34)50-56-51(46-5-1-3-44(25-46)41-11-15-48(16-12-41)53-27-35-19-36(28-53)21-37(20-35)29-53)58-52(57-50)47-6-2-4-45(26-47)42-13-17-49(18-14-42)54-30-38-22-39(31-54)24-40(23-38)32-54/h1-18,25-26,35-40H,19-24,27-32H2. The molecule has 286 valence electrons. The summed E-state index contributed by atoms with van der Waals surface area (Å²) in [5.74, 6) is 7.50. The van der Waals surface area contributed by atoms with Crippen molar-refractivity contribution < 1.29 is 0 Å². The number of rotatable bonds is 7. The lowest BCUT2D eigenvalue weighted by Crippen LogP contribution is -2.48. The van der Waals surface area contributed by atoms with E-state index in [0.29, 0.717) is 33.9 Å². The van der Waals surface area contributed by atoms with Gasteiger partial charge in [0.2, 0.25) is 0 Å². The first-order valence-corrected chi connectivity index (χ1v) is 22.1. The van der Waals surface area contributed by atoms with Crippen molar-refractivity contribution in [2.75, 3.05) is 0 Å². The van der Waals surface area contributed by atoms with Crippen LogP contribution in [-0.2, 0) is 10.8 Å². The molecule has 5 aromatic carbocycles. The summed E-state index contributed by atoms with van der Waals surface area (Å²) in [6.07, 6.45) is 17.1. The minimum absolute atomic E-state index is 0.396. The second kappa shape index (κ2) is 13.3. The van der Waals surface area contributed by atoms with E-state index in [0.717, 1.165) is 63.3 Å². The first-order chi connectivity index (χ1) is 28.4. The fraction of sp³-hybridized carbons (Fsp3) is 0.370. The Labute approximate surface area is 342 Å². The van der Waals surface area contributed by atoms with Gasteiger partial charge in [0, 0.05) is 16.7 Å². The molecule has 0 radical (unpaired) electrons. The summed E-state index contributed by atoms with van der Waals surface area (Å²) in [6.45, 7) is 0. The molecule has 8 aliphatic rings. The molecule has 0 spiro atoms. The van der Waals surface area contributed by atoms with Crippen molar-refractivity contribution in [2.45, 2.75) is 87.9 Å². The fourth-order valence-corrected chi connectivity index (χ4v) is 14.1. The van der Waals surface area contributed by atoms with Gasteiger partial charge in [0.25, 0.3) is 0 Å². The van der Waals surface area contributed by atoms with E-state index in [1.54, 1.807) is 11.1 Å². The van der Waals surface area contributed by atoms with E-state index in [1.807, 2.05) is 24.3 Å². The molecule has 0 amide bonds. The van der Waals surface area contributed by atoms with Crippen molar-refractivity contribution in [3.63, 3.8) is 0 Å².